The third-order valence-electron chi connectivity index (χ3n) is 6.07. The molecule has 1 aliphatic carbocycles. The van der Waals surface area contributed by atoms with Crippen molar-refractivity contribution in [1.82, 2.24) is 20.1 Å². The monoisotopic (exact) mass is 403 g/mol. The van der Waals surface area contributed by atoms with Crippen LogP contribution in [0.25, 0.3) is 0 Å². The summed E-state index contributed by atoms with van der Waals surface area (Å²) < 4.78 is 37.9. The highest BCUT2D eigenvalue weighted by atomic mass is 19.4. The van der Waals surface area contributed by atoms with Gasteiger partial charge in [0.15, 0.2) is 5.82 Å². The van der Waals surface area contributed by atoms with Crippen LogP contribution in [0.1, 0.15) is 40.5 Å². The van der Waals surface area contributed by atoms with Crippen molar-refractivity contribution in [1.29, 1.82) is 0 Å². The molecule has 4 heterocycles. The Morgan fingerprint density at radius 3 is 2.21 bits per heavy atom. The standard InChI is InChI=1S/C20H20F3N5O/c21-20(22,23)17-5-3-13(7-24-17)19(29)28-10-14-8-27(9-15(14)11-28)18-6-4-16(25-26-18)12-1-2-12/h3-7,12,14-15H,1-2,8-11H2. The summed E-state index contributed by atoms with van der Waals surface area (Å²) in [4.78, 5) is 20.0. The molecular formula is C20H20F3N5O. The number of alkyl halides is 3. The predicted octanol–water partition coefficient (Wildman–Crippen LogP) is 2.98. The molecule has 1 amide bonds. The number of nitrogens with zero attached hydrogens (tertiary/aromatic N) is 5. The minimum absolute atomic E-state index is 0.191. The number of carbonyl (C=O) groups excluding carboxylic acids is 1. The number of pyridine rings is 1. The summed E-state index contributed by atoms with van der Waals surface area (Å²) in [5.74, 6) is 1.83. The van der Waals surface area contributed by atoms with E-state index in [2.05, 4.69) is 26.1 Å². The van der Waals surface area contributed by atoms with Crippen LogP contribution in [0.3, 0.4) is 0 Å². The van der Waals surface area contributed by atoms with Crippen LogP contribution >= 0.6 is 0 Å². The van der Waals surface area contributed by atoms with Gasteiger partial charge in [-0.1, -0.05) is 0 Å². The van der Waals surface area contributed by atoms with Gasteiger partial charge in [-0.05, 0) is 37.1 Å². The van der Waals surface area contributed by atoms with Gasteiger partial charge in [0, 0.05) is 50.1 Å². The Hall–Kier alpha value is -2.71. The lowest BCUT2D eigenvalue weighted by Gasteiger charge is -2.22. The molecule has 1 saturated carbocycles. The minimum atomic E-state index is -4.50. The summed E-state index contributed by atoms with van der Waals surface area (Å²) >= 11 is 0. The lowest BCUT2D eigenvalue weighted by Crippen LogP contribution is -2.33. The smallest absolute Gasteiger partial charge is 0.354 e. The van der Waals surface area contributed by atoms with E-state index in [1.54, 1.807) is 4.90 Å². The van der Waals surface area contributed by atoms with E-state index in [0.29, 0.717) is 30.8 Å². The topological polar surface area (TPSA) is 62.2 Å². The van der Waals surface area contributed by atoms with Crippen molar-refractivity contribution in [2.75, 3.05) is 31.1 Å². The van der Waals surface area contributed by atoms with Gasteiger partial charge in [0.05, 0.1) is 11.3 Å². The first-order valence-electron chi connectivity index (χ1n) is 9.79. The largest absolute Gasteiger partial charge is 0.433 e. The first-order valence-corrected chi connectivity index (χ1v) is 9.79. The second kappa shape index (κ2) is 6.67. The Morgan fingerprint density at radius 2 is 1.69 bits per heavy atom. The molecule has 5 rings (SSSR count). The molecule has 2 atom stereocenters. The van der Waals surface area contributed by atoms with Crippen LogP contribution in [0.4, 0.5) is 19.0 Å². The van der Waals surface area contributed by atoms with E-state index >= 15 is 0 Å². The SMILES string of the molecule is O=C(c1ccc(C(F)(F)F)nc1)N1CC2CN(c3ccc(C4CC4)nn3)CC2C1. The minimum Gasteiger partial charge on any atom is -0.354 e. The fourth-order valence-electron chi connectivity index (χ4n) is 4.32. The quantitative estimate of drug-likeness (QED) is 0.789. The molecular weight excluding hydrogens is 383 g/mol. The predicted molar refractivity (Wildman–Crippen MR) is 98.3 cm³/mol. The zero-order chi connectivity index (χ0) is 20.2. The van der Waals surface area contributed by atoms with E-state index in [0.717, 1.165) is 36.9 Å². The van der Waals surface area contributed by atoms with Crippen LogP contribution in [0.15, 0.2) is 30.5 Å². The van der Waals surface area contributed by atoms with Gasteiger partial charge in [0.1, 0.15) is 5.69 Å². The molecule has 3 aliphatic rings. The highest BCUT2D eigenvalue weighted by Crippen LogP contribution is 2.39. The molecule has 3 fully saturated rings. The molecule has 2 aromatic rings. The number of aromatic nitrogens is 3. The summed E-state index contributed by atoms with van der Waals surface area (Å²) in [5.41, 5.74) is 0.267. The third-order valence-corrected chi connectivity index (χ3v) is 6.07. The van der Waals surface area contributed by atoms with Crippen LogP contribution in [-0.4, -0.2) is 52.2 Å². The maximum Gasteiger partial charge on any atom is 0.433 e. The van der Waals surface area contributed by atoms with Crippen LogP contribution in [-0.2, 0) is 6.18 Å². The highest BCUT2D eigenvalue weighted by Gasteiger charge is 2.42. The molecule has 0 aromatic carbocycles. The zero-order valence-electron chi connectivity index (χ0n) is 15.6. The average molecular weight is 403 g/mol. The Kier molecular flexibility index (Phi) is 4.22. The van der Waals surface area contributed by atoms with Gasteiger partial charge in [0.2, 0.25) is 0 Å². The number of carbonyl (C=O) groups is 1. The Balaban J connectivity index is 1.21. The lowest BCUT2D eigenvalue weighted by atomic mass is 10.0. The van der Waals surface area contributed by atoms with Gasteiger partial charge in [-0.2, -0.15) is 18.3 Å². The normalized spacial score (nSPS) is 24.1. The number of rotatable bonds is 3. The third kappa shape index (κ3) is 3.54. The second-order valence-electron chi connectivity index (χ2n) is 8.16. The van der Waals surface area contributed by atoms with Crippen LogP contribution in [0.2, 0.25) is 0 Å². The van der Waals surface area contributed by atoms with Gasteiger partial charge in [0.25, 0.3) is 5.91 Å². The number of likely N-dealkylation sites (tertiary alicyclic amines) is 1. The van der Waals surface area contributed by atoms with E-state index in [4.69, 9.17) is 0 Å². The number of hydrogen-bond donors (Lipinski definition) is 0. The summed E-state index contributed by atoms with van der Waals surface area (Å²) in [6.45, 7) is 2.79. The first-order chi connectivity index (χ1) is 13.9. The van der Waals surface area contributed by atoms with Crippen molar-refractivity contribution in [3.05, 3.63) is 47.4 Å². The van der Waals surface area contributed by atoms with Gasteiger partial charge in [-0.25, -0.2) is 0 Å². The van der Waals surface area contributed by atoms with E-state index < -0.39 is 11.9 Å². The lowest BCUT2D eigenvalue weighted by molar-refractivity contribution is -0.141. The zero-order valence-corrected chi connectivity index (χ0v) is 15.6. The Morgan fingerprint density at radius 1 is 0.966 bits per heavy atom. The fraction of sp³-hybridized carbons (Fsp3) is 0.500. The molecule has 29 heavy (non-hydrogen) atoms. The van der Waals surface area contributed by atoms with Crippen molar-refractivity contribution >= 4 is 11.7 Å². The number of anilines is 1. The molecule has 0 bridgehead atoms. The van der Waals surface area contributed by atoms with Crippen LogP contribution < -0.4 is 4.90 Å². The van der Waals surface area contributed by atoms with Crippen molar-refractivity contribution in [2.45, 2.75) is 24.9 Å². The molecule has 2 aromatic heterocycles. The van der Waals surface area contributed by atoms with Gasteiger partial charge in [-0.15, -0.1) is 5.10 Å². The molecule has 152 valence electrons. The molecule has 0 N–H and O–H groups in total. The summed E-state index contributed by atoms with van der Waals surface area (Å²) in [6, 6.07) is 6.14. The van der Waals surface area contributed by atoms with E-state index in [1.807, 2.05) is 6.07 Å². The average Bonchev–Trinajstić information content (AvgIpc) is 3.37. The van der Waals surface area contributed by atoms with E-state index in [1.165, 1.54) is 18.9 Å². The molecule has 2 unspecified atom stereocenters. The molecule has 2 aliphatic heterocycles. The summed E-state index contributed by atoms with van der Waals surface area (Å²) in [7, 11) is 0. The molecule has 0 spiro atoms. The Bertz CT molecular complexity index is 897. The first kappa shape index (κ1) is 18.3. The van der Waals surface area contributed by atoms with Crippen molar-refractivity contribution in [3.63, 3.8) is 0 Å². The number of fused-ring (bicyclic) bond motifs is 1. The van der Waals surface area contributed by atoms with E-state index in [-0.39, 0.29) is 11.5 Å². The van der Waals surface area contributed by atoms with Gasteiger partial charge >= 0.3 is 6.18 Å². The molecule has 2 saturated heterocycles. The van der Waals surface area contributed by atoms with Crippen molar-refractivity contribution in [3.8, 4) is 0 Å². The Labute approximate surface area is 165 Å². The van der Waals surface area contributed by atoms with E-state index in [9.17, 15) is 18.0 Å². The number of halogens is 3. The number of hydrogen-bond acceptors (Lipinski definition) is 5. The molecule has 0 radical (unpaired) electrons. The maximum atomic E-state index is 12.7. The van der Waals surface area contributed by atoms with Crippen molar-refractivity contribution in [2.24, 2.45) is 11.8 Å². The fourth-order valence-corrected chi connectivity index (χ4v) is 4.32. The maximum absolute atomic E-state index is 12.7. The van der Waals surface area contributed by atoms with Crippen molar-refractivity contribution < 1.29 is 18.0 Å². The van der Waals surface area contributed by atoms with Gasteiger partial charge < -0.3 is 9.80 Å². The molecule has 9 heteroatoms. The molecule has 6 nitrogen and oxygen atoms in total. The summed E-state index contributed by atoms with van der Waals surface area (Å²) in [6.07, 6.45) is -1.10. The van der Waals surface area contributed by atoms with Crippen LogP contribution in [0.5, 0.6) is 0 Å². The van der Waals surface area contributed by atoms with Crippen LogP contribution in [0, 0.1) is 11.8 Å². The summed E-state index contributed by atoms with van der Waals surface area (Å²) in [5, 5.41) is 8.72. The highest BCUT2D eigenvalue weighted by molar-refractivity contribution is 5.94. The number of amides is 1. The van der Waals surface area contributed by atoms with Gasteiger partial charge in [-0.3, -0.25) is 9.78 Å². The second-order valence-corrected chi connectivity index (χ2v) is 8.16.